The van der Waals surface area contributed by atoms with Crippen molar-refractivity contribution in [2.45, 2.75) is 43.8 Å². The Labute approximate surface area is 179 Å². The molecule has 158 valence electrons. The van der Waals surface area contributed by atoms with E-state index in [9.17, 15) is 9.59 Å². The van der Waals surface area contributed by atoms with Crippen molar-refractivity contribution in [3.05, 3.63) is 47.3 Å². The van der Waals surface area contributed by atoms with E-state index in [0.717, 1.165) is 12.1 Å². The third-order valence-corrected chi connectivity index (χ3v) is 6.71. The maximum Gasteiger partial charge on any atom is 0.263 e. The van der Waals surface area contributed by atoms with Crippen LogP contribution in [0, 0.1) is 5.92 Å². The first-order chi connectivity index (χ1) is 14.6. The van der Waals surface area contributed by atoms with Crippen molar-refractivity contribution in [3.63, 3.8) is 0 Å². The fourth-order valence-corrected chi connectivity index (χ4v) is 5.10. The number of aromatic nitrogens is 4. The van der Waals surface area contributed by atoms with Crippen molar-refractivity contribution in [2.24, 2.45) is 5.92 Å². The van der Waals surface area contributed by atoms with Gasteiger partial charge in [0.25, 0.3) is 5.56 Å². The maximum absolute atomic E-state index is 12.9. The molecule has 0 radical (unpaired) electrons. The van der Waals surface area contributed by atoms with Crippen LogP contribution in [-0.4, -0.2) is 49.3 Å². The Morgan fingerprint density at radius 1 is 1.27 bits per heavy atom. The third-order valence-electron chi connectivity index (χ3n) is 5.80. The minimum absolute atomic E-state index is 0.0889. The van der Waals surface area contributed by atoms with E-state index in [1.54, 1.807) is 16.7 Å². The Hall–Kier alpha value is -2.61. The average molecular weight is 426 g/mol. The maximum atomic E-state index is 12.9. The second kappa shape index (κ2) is 9.04. The van der Waals surface area contributed by atoms with Crippen LogP contribution >= 0.6 is 11.8 Å². The van der Waals surface area contributed by atoms with E-state index in [-0.39, 0.29) is 11.5 Å². The average Bonchev–Trinajstić information content (AvgIpc) is 3.19. The molecule has 1 fully saturated rings. The van der Waals surface area contributed by atoms with E-state index >= 15 is 0 Å². The van der Waals surface area contributed by atoms with Crippen molar-refractivity contribution in [1.82, 2.24) is 24.1 Å². The molecular weight excluding hydrogens is 398 g/mol. The van der Waals surface area contributed by atoms with Crippen LogP contribution in [-0.2, 0) is 11.3 Å². The molecule has 1 amide bonds. The summed E-state index contributed by atoms with van der Waals surface area (Å²) in [5.74, 6) is 1.46. The number of carbonyl (C=O) groups is 1. The lowest BCUT2D eigenvalue weighted by atomic mass is 9.89. The zero-order chi connectivity index (χ0) is 21.1. The molecule has 0 unspecified atom stereocenters. The predicted molar refractivity (Wildman–Crippen MR) is 120 cm³/mol. The highest BCUT2D eigenvalue weighted by Gasteiger charge is 2.20. The van der Waals surface area contributed by atoms with Crippen LogP contribution < -0.4 is 5.56 Å². The van der Waals surface area contributed by atoms with Crippen LogP contribution in [0.1, 0.15) is 32.1 Å². The molecule has 1 aliphatic carbocycles. The normalized spacial score (nSPS) is 15.0. The minimum atomic E-state index is -0.120. The van der Waals surface area contributed by atoms with Crippen molar-refractivity contribution in [2.75, 3.05) is 19.3 Å². The van der Waals surface area contributed by atoms with Crippen LogP contribution in [0.2, 0.25) is 0 Å². The number of nitrogens with zero attached hydrogens (tertiary/aromatic N) is 5. The highest BCUT2D eigenvalue weighted by atomic mass is 32.2. The van der Waals surface area contributed by atoms with E-state index in [1.807, 2.05) is 34.5 Å². The largest absolute Gasteiger partial charge is 0.345 e. The van der Waals surface area contributed by atoms with E-state index in [4.69, 9.17) is 0 Å². The molecule has 0 aliphatic heterocycles. The molecule has 1 aromatic carbocycles. The van der Waals surface area contributed by atoms with Gasteiger partial charge in [0.15, 0.2) is 5.16 Å². The minimum Gasteiger partial charge on any atom is -0.345 e. The molecule has 1 saturated carbocycles. The first-order valence-corrected chi connectivity index (χ1v) is 11.4. The first kappa shape index (κ1) is 20.7. The first-order valence-electron chi connectivity index (χ1n) is 10.4. The van der Waals surface area contributed by atoms with Crippen LogP contribution in [0.5, 0.6) is 0 Å². The summed E-state index contributed by atoms with van der Waals surface area (Å²) in [6.45, 7) is 4.91. The SMILES string of the molecule is C=CCn1c(=O)c2ccccc2n2c(SCC(=O)N(C)CC3CCCCC3)nnc12. The lowest BCUT2D eigenvalue weighted by molar-refractivity contribution is -0.127. The Kier molecular flexibility index (Phi) is 6.22. The van der Waals surface area contributed by atoms with E-state index < -0.39 is 0 Å². The van der Waals surface area contributed by atoms with Gasteiger partial charge in [0.1, 0.15) is 0 Å². The van der Waals surface area contributed by atoms with E-state index in [0.29, 0.717) is 34.5 Å². The van der Waals surface area contributed by atoms with E-state index in [2.05, 4.69) is 16.8 Å². The van der Waals surface area contributed by atoms with Crippen molar-refractivity contribution < 1.29 is 4.79 Å². The summed E-state index contributed by atoms with van der Waals surface area (Å²) in [5, 5.41) is 9.74. The highest BCUT2D eigenvalue weighted by Crippen LogP contribution is 2.25. The van der Waals surface area contributed by atoms with Gasteiger partial charge in [-0.15, -0.1) is 16.8 Å². The van der Waals surface area contributed by atoms with Gasteiger partial charge >= 0.3 is 0 Å². The zero-order valence-corrected chi connectivity index (χ0v) is 18.1. The number of fused-ring (bicyclic) bond motifs is 3. The van der Waals surface area contributed by atoms with Gasteiger partial charge in [-0.3, -0.25) is 18.6 Å². The van der Waals surface area contributed by atoms with Crippen LogP contribution in [0.4, 0.5) is 0 Å². The number of allylic oxidation sites excluding steroid dienone is 1. The number of carbonyl (C=O) groups excluding carboxylic acids is 1. The summed E-state index contributed by atoms with van der Waals surface area (Å²) in [6, 6.07) is 7.41. The lowest BCUT2D eigenvalue weighted by Crippen LogP contribution is -2.33. The Bertz CT molecular complexity index is 1130. The summed E-state index contributed by atoms with van der Waals surface area (Å²) in [5.41, 5.74) is 0.624. The quantitative estimate of drug-likeness (QED) is 0.429. The number of benzene rings is 1. The molecule has 0 bridgehead atoms. The molecule has 30 heavy (non-hydrogen) atoms. The lowest BCUT2D eigenvalue weighted by Gasteiger charge is -2.27. The van der Waals surface area contributed by atoms with Gasteiger partial charge in [0.05, 0.1) is 16.7 Å². The Morgan fingerprint density at radius 3 is 2.80 bits per heavy atom. The molecule has 7 nitrogen and oxygen atoms in total. The third kappa shape index (κ3) is 4.01. The molecule has 1 aliphatic rings. The molecule has 8 heteroatoms. The van der Waals surface area contributed by atoms with Gasteiger partial charge in [0, 0.05) is 20.1 Å². The molecular formula is C22H27N5O2S. The molecule has 0 atom stereocenters. The topological polar surface area (TPSA) is 72.5 Å². The van der Waals surface area contributed by atoms with Crippen molar-refractivity contribution in [1.29, 1.82) is 0 Å². The number of amides is 1. The molecule has 0 N–H and O–H groups in total. The van der Waals surface area contributed by atoms with Gasteiger partial charge in [-0.1, -0.05) is 49.2 Å². The molecule has 4 rings (SSSR count). The summed E-state index contributed by atoms with van der Waals surface area (Å²) < 4.78 is 3.42. The van der Waals surface area contributed by atoms with Gasteiger partial charge in [-0.2, -0.15) is 0 Å². The molecule has 3 aromatic rings. The zero-order valence-electron chi connectivity index (χ0n) is 17.3. The summed E-state index contributed by atoms with van der Waals surface area (Å²) in [6.07, 6.45) is 7.95. The number of hydrogen-bond donors (Lipinski definition) is 0. The van der Waals surface area contributed by atoms with Crippen molar-refractivity contribution >= 4 is 34.3 Å². The summed E-state index contributed by atoms with van der Waals surface area (Å²) >= 11 is 1.36. The van der Waals surface area contributed by atoms with Crippen LogP contribution in [0.15, 0.2) is 46.9 Å². The number of thioether (sulfide) groups is 1. The number of rotatable bonds is 7. The van der Waals surface area contributed by atoms with Gasteiger partial charge in [-0.25, -0.2) is 0 Å². The van der Waals surface area contributed by atoms with Crippen LogP contribution in [0.3, 0.4) is 0 Å². The molecule has 0 saturated heterocycles. The van der Waals surface area contributed by atoms with Gasteiger partial charge in [0.2, 0.25) is 11.7 Å². The summed E-state index contributed by atoms with van der Waals surface area (Å²) in [7, 11) is 1.89. The molecule has 2 aromatic heterocycles. The smallest absolute Gasteiger partial charge is 0.263 e. The summed E-state index contributed by atoms with van der Waals surface area (Å²) in [4.78, 5) is 27.4. The van der Waals surface area contributed by atoms with Gasteiger partial charge in [-0.05, 0) is 30.9 Å². The monoisotopic (exact) mass is 425 g/mol. The van der Waals surface area contributed by atoms with Gasteiger partial charge < -0.3 is 4.90 Å². The molecule has 0 spiro atoms. The van der Waals surface area contributed by atoms with Crippen LogP contribution in [0.25, 0.3) is 16.7 Å². The van der Waals surface area contributed by atoms with Crippen molar-refractivity contribution in [3.8, 4) is 0 Å². The molecule has 2 heterocycles. The fourth-order valence-electron chi connectivity index (χ4n) is 4.22. The van der Waals surface area contributed by atoms with E-state index in [1.165, 1.54) is 43.9 Å². The second-order valence-electron chi connectivity index (χ2n) is 7.91. The Balaban J connectivity index is 1.58. The predicted octanol–water partition coefficient (Wildman–Crippen LogP) is 3.36. The highest BCUT2D eigenvalue weighted by molar-refractivity contribution is 7.99. The Morgan fingerprint density at radius 2 is 2.03 bits per heavy atom. The second-order valence-corrected chi connectivity index (χ2v) is 8.85. The number of hydrogen-bond acceptors (Lipinski definition) is 5. The fraction of sp³-hybridized carbons (Fsp3) is 0.455. The standard InChI is InChI=1S/C22H27N5O2S/c1-3-13-26-20(29)17-11-7-8-12-18(17)27-21(26)23-24-22(27)30-15-19(28)25(2)14-16-9-5-4-6-10-16/h3,7-8,11-12,16H,1,4-6,9-10,13-15H2,2H3. The number of para-hydroxylation sites is 1.